The highest BCUT2D eigenvalue weighted by molar-refractivity contribution is 7.13. The molecule has 2 unspecified atom stereocenters. The Kier molecular flexibility index (Phi) is 20.3. The molecule has 0 radical (unpaired) electrons. The molecule has 5 N–H and O–H groups in total. The summed E-state index contributed by atoms with van der Waals surface area (Å²) in [5.41, 5.74) is 8.50. The molecule has 1 aliphatic heterocycles. The number of aliphatic hydroxyl groups is 1. The summed E-state index contributed by atoms with van der Waals surface area (Å²) in [4.78, 5) is 97.9. The van der Waals surface area contributed by atoms with E-state index in [0.29, 0.717) is 60.8 Å². The van der Waals surface area contributed by atoms with Crippen LogP contribution in [0.25, 0.3) is 21.7 Å². The van der Waals surface area contributed by atoms with Crippen molar-refractivity contribution in [3.05, 3.63) is 147 Å². The van der Waals surface area contributed by atoms with Gasteiger partial charge in [0.2, 0.25) is 17.7 Å². The quantitative estimate of drug-likeness (QED) is 0.0458. The second-order valence-corrected chi connectivity index (χ2v) is 27.1. The number of piperazine rings is 1. The predicted molar refractivity (Wildman–Crippen MR) is 335 cm³/mol. The van der Waals surface area contributed by atoms with Crippen LogP contribution in [-0.2, 0) is 33.4 Å². The zero-order chi connectivity index (χ0) is 61.5. The maximum absolute atomic E-state index is 14.3. The van der Waals surface area contributed by atoms with Crippen LogP contribution in [0.15, 0.2) is 107 Å². The molecule has 3 heterocycles. The molecule has 2 aromatic heterocycles. The second-order valence-electron chi connectivity index (χ2n) is 26.3. The Bertz CT molecular complexity index is 3360. The fourth-order valence-electron chi connectivity index (χ4n) is 11.1. The number of carbonyl (C=O) groups is 5. The van der Waals surface area contributed by atoms with Gasteiger partial charge in [0.1, 0.15) is 6.04 Å². The van der Waals surface area contributed by atoms with Crippen LogP contribution in [0.4, 0.5) is 17.2 Å². The third-order valence-electron chi connectivity index (χ3n) is 15.2. The third kappa shape index (κ3) is 17.1. The normalized spacial score (nSPS) is 14.1. The standard InChI is InChI=1S/C66H86N10O7S/c1-42(77)36-76(38-55(79)67-35-45-18-20-46(21-19-45)56-44(3)68-41-84-56)61(82)57(64(7,8)9)72-54(78)34-65(10,11)39-66(12,13)40-74-30-32-75(33-31-74)60(81)48-24-28-50(29-25-48)69-58-62(83)73(14)37-53(70-58)51-16-15-17-52(43(51)2)71-59(80)47-22-26-49(27-23-47)63(4,5)6/h15-29,37,41-42,57,77H,30-36,38-40H2,1-14H3,(H,67,79)(H,69,70)(H,71,80)(H,72,78). The van der Waals surface area contributed by atoms with Crippen molar-refractivity contribution in [3.63, 3.8) is 0 Å². The Morgan fingerprint density at radius 1 is 0.786 bits per heavy atom. The number of aromatic nitrogens is 3. The van der Waals surface area contributed by atoms with Gasteiger partial charge >= 0.3 is 0 Å². The SMILES string of the molecule is Cc1ncsc1-c1ccc(CNC(=O)CN(CC(C)O)C(=O)C(NC(=O)CC(C)(C)CC(C)(C)CN2CCN(C(=O)c3ccc(Nc4nc(-c5cccc(NC(=O)c6ccc(C(C)(C)C)cc6)c5C)cn(C)c4=O)cc3)CC2)C(C)(C)C)cc1. The van der Waals surface area contributed by atoms with Gasteiger partial charge in [0.15, 0.2) is 5.82 Å². The maximum atomic E-state index is 14.3. The number of hydrogen-bond donors (Lipinski definition) is 5. The van der Waals surface area contributed by atoms with Crippen molar-refractivity contribution >= 4 is 58.1 Å². The molecule has 5 amide bonds. The highest BCUT2D eigenvalue weighted by Gasteiger charge is 2.39. The molecular formula is C66H86N10O7S. The van der Waals surface area contributed by atoms with Crippen molar-refractivity contribution in [2.75, 3.05) is 56.4 Å². The lowest BCUT2D eigenvalue weighted by molar-refractivity contribution is -0.143. The number of rotatable bonds is 21. The zero-order valence-corrected chi connectivity index (χ0v) is 52.3. The summed E-state index contributed by atoms with van der Waals surface area (Å²) in [6.45, 7) is 29.0. The maximum Gasteiger partial charge on any atom is 0.293 e. The number of nitrogens with zero attached hydrogens (tertiary/aromatic N) is 6. The van der Waals surface area contributed by atoms with Gasteiger partial charge in [-0.25, -0.2) is 9.97 Å². The molecule has 18 heteroatoms. The fraction of sp³-hybridized carbons (Fsp3) is 0.455. The van der Waals surface area contributed by atoms with E-state index in [-0.39, 0.29) is 71.9 Å². The Balaban J connectivity index is 0.889. The topological polar surface area (TPSA) is 211 Å². The van der Waals surface area contributed by atoms with Crippen LogP contribution >= 0.6 is 11.3 Å². The summed E-state index contributed by atoms with van der Waals surface area (Å²) >= 11 is 1.57. The number of carbonyl (C=O) groups excluding carboxylic acids is 5. The molecule has 0 aliphatic carbocycles. The molecule has 7 rings (SSSR count). The number of aryl methyl sites for hydroxylation is 2. The third-order valence-corrected chi connectivity index (χ3v) is 16.2. The van der Waals surface area contributed by atoms with Crippen molar-refractivity contribution in [1.82, 2.24) is 39.9 Å². The smallest absolute Gasteiger partial charge is 0.293 e. The minimum absolute atomic E-state index is 0.0329. The van der Waals surface area contributed by atoms with Gasteiger partial charge in [-0.15, -0.1) is 11.3 Å². The Labute approximate surface area is 499 Å². The van der Waals surface area contributed by atoms with Crippen molar-refractivity contribution in [1.29, 1.82) is 0 Å². The van der Waals surface area contributed by atoms with Crippen LogP contribution in [0.5, 0.6) is 0 Å². The van der Waals surface area contributed by atoms with E-state index < -0.39 is 28.9 Å². The molecular weight excluding hydrogens is 1080 g/mol. The van der Waals surface area contributed by atoms with Gasteiger partial charge in [-0.1, -0.05) is 118 Å². The first kappa shape index (κ1) is 64.0. The number of anilines is 3. The first-order valence-electron chi connectivity index (χ1n) is 28.9. The van der Waals surface area contributed by atoms with Crippen LogP contribution in [0.1, 0.15) is 132 Å². The van der Waals surface area contributed by atoms with Crippen molar-refractivity contribution in [2.24, 2.45) is 23.3 Å². The summed E-state index contributed by atoms with van der Waals surface area (Å²) in [5.74, 6) is -1.30. The largest absolute Gasteiger partial charge is 0.392 e. The van der Waals surface area contributed by atoms with Gasteiger partial charge in [-0.05, 0) is 114 Å². The van der Waals surface area contributed by atoms with E-state index in [2.05, 4.69) is 79.6 Å². The van der Waals surface area contributed by atoms with Crippen molar-refractivity contribution < 1.29 is 29.1 Å². The number of thiazole rings is 1. The predicted octanol–water partition coefficient (Wildman–Crippen LogP) is 10.1. The van der Waals surface area contributed by atoms with E-state index in [1.165, 1.54) is 9.47 Å². The van der Waals surface area contributed by atoms with Crippen LogP contribution < -0.4 is 26.8 Å². The Hall–Kier alpha value is -7.54. The highest BCUT2D eigenvalue weighted by atomic mass is 32.1. The number of benzene rings is 4. The van der Waals surface area contributed by atoms with Crippen molar-refractivity contribution in [3.8, 4) is 21.7 Å². The van der Waals surface area contributed by atoms with E-state index in [4.69, 9.17) is 4.98 Å². The first-order chi connectivity index (χ1) is 39.4. The van der Waals surface area contributed by atoms with Gasteiger partial charge in [0, 0.05) is 93.5 Å². The van der Waals surface area contributed by atoms with E-state index >= 15 is 0 Å². The van der Waals surface area contributed by atoms with E-state index in [1.54, 1.807) is 55.8 Å². The zero-order valence-electron chi connectivity index (χ0n) is 51.5. The Morgan fingerprint density at radius 2 is 1.43 bits per heavy atom. The van der Waals surface area contributed by atoms with Crippen LogP contribution in [-0.4, -0.2) is 122 Å². The van der Waals surface area contributed by atoms with Gasteiger partial charge in [0.25, 0.3) is 17.4 Å². The fourth-order valence-corrected chi connectivity index (χ4v) is 11.9. The molecule has 84 heavy (non-hydrogen) atoms. The van der Waals surface area contributed by atoms with E-state index in [1.807, 2.05) is 112 Å². The molecule has 4 aromatic carbocycles. The average Bonchev–Trinajstić information content (AvgIpc) is 2.86. The minimum Gasteiger partial charge on any atom is -0.392 e. The number of aliphatic hydroxyl groups excluding tert-OH is 1. The van der Waals surface area contributed by atoms with Gasteiger partial charge in [0.05, 0.1) is 34.4 Å². The summed E-state index contributed by atoms with van der Waals surface area (Å²) in [7, 11) is 1.66. The van der Waals surface area contributed by atoms with Crippen LogP contribution in [0.2, 0.25) is 0 Å². The van der Waals surface area contributed by atoms with Gasteiger partial charge in [-0.3, -0.25) is 33.7 Å². The van der Waals surface area contributed by atoms with E-state index in [0.717, 1.165) is 44.9 Å². The highest BCUT2D eigenvalue weighted by Crippen LogP contribution is 2.38. The lowest BCUT2D eigenvalue weighted by Crippen LogP contribution is -2.57. The molecule has 6 aromatic rings. The Morgan fingerprint density at radius 3 is 2.02 bits per heavy atom. The average molecular weight is 1160 g/mol. The van der Waals surface area contributed by atoms with E-state index in [9.17, 15) is 33.9 Å². The van der Waals surface area contributed by atoms with Crippen LogP contribution in [0, 0.1) is 30.1 Å². The molecule has 1 saturated heterocycles. The monoisotopic (exact) mass is 1160 g/mol. The van der Waals surface area contributed by atoms with Gasteiger partial charge in [-0.2, -0.15) is 0 Å². The van der Waals surface area contributed by atoms with Gasteiger partial charge < -0.3 is 40.7 Å². The van der Waals surface area contributed by atoms with Crippen LogP contribution in [0.3, 0.4) is 0 Å². The molecule has 0 spiro atoms. The lowest BCUT2D eigenvalue weighted by Gasteiger charge is -2.42. The minimum atomic E-state index is -0.958. The molecule has 2 atom stereocenters. The molecule has 0 saturated carbocycles. The summed E-state index contributed by atoms with van der Waals surface area (Å²) in [6.07, 6.45) is 1.63. The summed E-state index contributed by atoms with van der Waals surface area (Å²) in [6, 6.07) is 27.2. The lowest BCUT2D eigenvalue weighted by atomic mass is 9.72. The summed E-state index contributed by atoms with van der Waals surface area (Å²) in [5, 5.41) is 22.6. The second kappa shape index (κ2) is 26.6. The molecule has 17 nitrogen and oxygen atoms in total. The summed E-state index contributed by atoms with van der Waals surface area (Å²) < 4.78 is 1.47. The molecule has 1 fully saturated rings. The number of hydrogen-bond acceptors (Lipinski definition) is 12. The molecule has 0 bridgehead atoms. The molecule has 448 valence electrons. The van der Waals surface area contributed by atoms with Crippen molar-refractivity contribution in [2.45, 2.75) is 127 Å². The number of amides is 5. The number of nitrogens with one attached hydrogen (secondary N) is 4. The molecule has 1 aliphatic rings. The first-order valence-corrected chi connectivity index (χ1v) is 29.7.